The second-order valence-electron chi connectivity index (χ2n) is 7.21. The van der Waals surface area contributed by atoms with Crippen LogP contribution in [-0.2, 0) is 0 Å². The molecule has 4 aliphatic carbocycles. The number of aliphatic hydroxyl groups excluding tert-OH is 1. The van der Waals surface area contributed by atoms with Gasteiger partial charge in [0.15, 0.2) is 0 Å². The minimum atomic E-state index is 0.276. The fourth-order valence-electron chi connectivity index (χ4n) is 5.13. The molecule has 0 saturated heterocycles. The van der Waals surface area contributed by atoms with Crippen LogP contribution in [0.4, 0.5) is 0 Å². The van der Waals surface area contributed by atoms with Gasteiger partial charge in [-0.1, -0.05) is 6.92 Å². The fraction of sp³-hybridized carbons (Fsp3) is 1.00. The minimum absolute atomic E-state index is 0.276. The highest BCUT2D eigenvalue weighted by Gasteiger charge is 2.53. The normalized spacial score (nSPS) is 45.2. The van der Waals surface area contributed by atoms with Crippen LogP contribution in [0.2, 0.25) is 0 Å². The van der Waals surface area contributed by atoms with Crippen LogP contribution in [0.3, 0.4) is 0 Å². The molecule has 0 aromatic heterocycles. The largest absolute Gasteiger partial charge is 0.395 e. The molecule has 18 heavy (non-hydrogen) atoms. The van der Waals surface area contributed by atoms with Gasteiger partial charge >= 0.3 is 0 Å². The molecule has 4 aliphatic rings. The van der Waals surface area contributed by atoms with Gasteiger partial charge < -0.3 is 10.8 Å². The Morgan fingerprint density at radius 1 is 1.17 bits per heavy atom. The van der Waals surface area contributed by atoms with E-state index in [2.05, 4.69) is 6.92 Å². The summed E-state index contributed by atoms with van der Waals surface area (Å²) in [7, 11) is 0. The van der Waals surface area contributed by atoms with Crippen molar-refractivity contribution >= 4 is 11.8 Å². The van der Waals surface area contributed by atoms with E-state index in [4.69, 9.17) is 10.8 Å². The highest BCUT2D eigenvalue weighted by atomic mass is 32.2. The van der Waals surface area contributed by atoms with Crippen molar-refractivity contribution in [1.29, 1.82) is 0 Å². The Bertz CT molecular complexity index is 272. The van der Waals surface area contributed by atoms with Crippen molar-refractivity contribution in [2.24, 2.45) is 28.9 Å². The van der Waals surface area contributed by atoms with E-state index in [-0.39, 0.29) is 6.61 Å². The van der Waals surface area contributed by atoms with E-state index < -0.39 is 0 Å². The molecule has 0 aromatic carbocycles. The van der Waals surface area contributed by atoms with Crippen LogP contribution >= 0.6 is 11.8 Å². The van der Waals surface area contributed by atoms with Gasteiger partial charge in [0.05, 0.1) is 6.61 Å². The van der Waals surface area contributed by atoms with Crippen molar-refractivity contribution in [3.63, 3.8) is 0 Å². The Morgan fingerprint density at radius 2 is 1.67 bits per heavy atom. The fourth-order valence-corrected chi connectivity index (χ4v) is 6.12. The first-order valence-electron chi connectivity index (χ1n) is 7.59. The maximum absolute atomic E-state index is 9.12. The molecule has 0 aromatic rings. The lowest BCUT2D eigenvalue weighted by atomic mass is 9.48. The van der Waals surface area contributed by atoms with Crippen LogP contribution in [0.1, 0.15) is 45.4 Å². The number of hydrogen-bond acceptors (Lipinski definition) is 3. The molecule has 2 atom stereocenters. The molecular formula is C15H27NOS. The van der Waals surface area contributed by atoms with Crippen molar-refractivity contribution in [3.8, 4) is 0 Å². The van der Waals surface area contributed by atoms with Gasteiger partial charge in [-0.05, 0) is 61.7 Å². The second-order valence-corrected chi connectivity index (χ2v) is 8.68. The van der Waals surface area contributed by atoms with Crippen molar-refractivity contribution in [1.82, 2.24) is 0 Å². The van der Waals surface area contributed by atoms with Crippen LogP contribution in [0.15, 0.2) is 0 Å². The molecule has 4 rings (SSSR count). The summed E-state index contributed by atoms with van der Waals surface area (Å²) in [6.45, 7) is 2.37. The SMILES string of the molecule is CC(CO)SCC(N)C12CC3CC(CC(C3)C1)C2. The van der Waals surface area contributed by atoms with Gasteiger partial charge in [0, 0.05) is 17.0 Å². The quantitative estimate of drug-likeness (QED) is 0.806. The predicted octanol–water partition coefficient (Wildman–Crippen LogP) is 2.64. The first-order valence-corrected chi connectivity index (χ1v) is 8.64. The Balaban J connectivity index is 1.63. The zero-order valence-electron chi connectivity index (χ0n) is 11.5. The molecule has 3 heteroatoms. The summed E-state index contributed by atoms with van der Waals surface area (Å²) in [4.78, 5) is 0. The molecule has 4 saturated carbocycles. The lowest BCUT2D eigenvalue weighted by Crippen LogP contribution is -2.55. The summed E-state index contributed by atoms with van der Waals surface area (Å²) >= 11 is 1.86. The zero-order chi connectivity index (χ0) is 12.8. The van der Waals surface area contributed by atoms with E-state index in [0.29, 0.717) is 16.7 Å². The average Bonchev–Trinajstić information content (AvgIpc) is 2.33. The van der Waals surface area contributed by atoms with E-state index in [1.165, 1.54) is 38.5 Å². The topological polar surface area (TPSA) is 46.2 Å². The monoisotopic (exact) mass is 269 g/mol. The van der Waals surface area contributed by atoms with Crippen molar-refractivity contribution in [2.75, 3.05) is 12.4 Å². The second kappa shape index (κ2) is 4.99. The lowest BCUT2D eigenvalue weighted by Gasteiger charge is -2.59. The highest BCUT2D eigenvalue weighted by molar-refractivity contribution is 7.99. The van der Waals surface area contributed by atoms with Gasteiger partial charge in [0.25, 0.3) is 0 Å². The number of hydrogen-bond donors (Lipinski definition) is 2. The summed E-state index contributed by atoms with van der Waals surface area (Å²) in [5.41, 5.74) is 7.04. The maximum atomic E-state index is 9.12. The molecule has 3 N–H and O–H groups in total. The van der Waals surface area contributed by atoms with Gasteiger partial charge in [-0.15, -0.1) is 0 Å². The van der Waals surface area contributed by atoms with Crippen LogP contribution in [0.25, 0.3) is 0 Å². The third kappa shape index (κ3) is 2.34. The molecule has 2 unspecified atom stereocenters. The average molecular weight is 269 g/mol. The van der Waals surface area contributed by atoms with Gasteiger partial charge in [-0.3, -0.25) is 0 Å². The van der Waals surface area contributed by atoms with E-state index in [9.17, 15) is 0 Å². The Morgan fingerprint density at radius 3 is 2.11 bits per heavy atom. The molecule has 2 nitrogen and oxygen atoms in total. The standard InChI is InChI=1S/C15H27NOS/c1-10(8-17)18-9-14(16)15-5-11-2-12(6-15)4-13(3-11)7-15/h10-14,17H,2-9,16H2,1H3. The molecule has 0 amide bonds. The summed E-state index contributed by atoms with van der Waals surface area (Å²) in [6, 6.07) is 0.352. The molecule has 0 spiro atoms. The van der Waals surface area contributed by atoms with Crippen LogP contribution < -0.4 is 5.73 Å². The Kier molecular flexibility index (Phi) is 3.68. The Labute approximate surface area is 115 Å². The van der Waals surface area contributed by atoms with E-state index in [1.54, 1.807) is 0 Å². The molecule has 0 aliphatic heterocycles. The Hall–Kier alpha value is 0.270. The lowest BCUT2D eigenvalue weighted by molar-refractivity contribution is -0.0629. The highest BCUT2D eigenvalue weighted by Crippen LogP contribution is 2.61. The first-order chi connectivity index (χ1) is 8.61. The minimum Gasteiger partial charge on any atom is -0.395 e. The predicted molar refractivity (Wildman–Crippen MR) is 77.6 cm³/mol. The third-order valence-corrected chi connectivity index (χ3v) is 6.96. The summed E-state index contributed by atoms with van der Waals surface area (Å²) in [5, 5.41) is 9.46. The number of nitrogens with two attached hydrogens (primary N) is 1. The summed E-state index contributed by atoms with van der Waals surface area (Å²) in [6.07, 6.45) is 8.67. The van der Waals surface area contributed by atoms with Gasteiger partial charge in [0.1, 0.15) is 0 Å². The van der Waals surface area contributed by atoms with Crippen LogP contribution in [-0.4, -0.2) is 28.8 Å². The van der Waals surface area contributed by atoms with Crippen molar-refractivity contribution < 1.29 is 5.11 Å². The molecule has 0 radical (unpaired) electrons. The first kappa shape index (κ1) is 13.3. The summed E-state index contributed by atoms with van der Waals surface area (Å²) in [5.74, 6) is 4.00. The van der Waals surface area contributed by atoms with Gasteiger partial charge in [-0.2, -0.15) is 11.8 Å². The van der Waals surface area contributed by atoms with E-state index in [0.717, 1.165) is 23.5 Å². The van der Waals surface area contributed by atoms with E-state index in [1.807, 2.05) is 11.8 Å². The smallest absolute Gasteiger partial charge is 0.0547 e. The maximum Gasteiger partial charge on any atom is 0.0547 e. The molecule has 4 fully saturated rings. The zero-order valence-corrected chi connectivity index (χ0v) is 12.3. The number of aliphatic hydroxyl groups is 1. The van der Waals surface area contributed by atoms with E-state index >= 15 is 0 Å². The molecule has 0 heterocycles. The van der Waals surface area contributed by atoms with Gasteiger partial charge in [0.2, 0.25) is 0 Å². The molecule has 104 valence electrons. The van der Waals surface area contributed by atoms with Crippen LogP contribution in [0.5, 0.6) is 0 Å². The molecule has 4 bridgehead atoms. The van der Waals surface area contributed by atoms with Crippen molar-refractivity contribution in [2.45, 2.75) is 56.7 Å². The van der Waals surface area contributed by atoms with Crippen molar-refractivity contribution in [3.05, 3.63) is 0 Å². The third-order valence-electron chi connectivity index (χ3n) is 5.69. The van der Waals surface area contributed by atoms with Crippen LogP contribution in [0, 0.1) is 23.2 Å². The van der Waals surface area contributed by atoms with Gasteiger partial charge in [-0.25, -0.2) is 0 Å². The number of rotatable bonds is 5. The summed E-state index contributed by atoms with van der Waals surface area (Å²) < 4.78 is 0. The molecular weight excluding hydrogens is 242 g/mol. The number of thioether (sulfide) groups is 1.